The predicted octanol–water partition coefficient (Wildman–Crippen LogP) is 1.67. The third-order valence-electron chi connectivity index (χ3n) is 4.98. The second-order valence-corrected chi connectivity index (χ2v) is 7.21. The minimum Gasteiger partial charge on any atom is -0.295 e. The highest BCUT2D eigenvalue weighted by atomic mass is 15.4. The Morgan fingerprint density at radius 2 is 1.25 bits per heavy atom. The molecule has 0 aromatic carbocycles. The van der Waals surface area contributed by atoms with Crippen LogP contribution >= 0.6 is 0 Å². The molecule has 0 spiro atoms. The molecular weight excluding hydrogens is 300 g/mol. The number of hydrogen-bond acceptors (Lipinski definition) is 4. The van der Waals surface area contributed by atoms with Crippen molar-refractivity contribution in [3.63, 3.8) is 0 Å². The summed E-state index contributed by atoms with van der Waals surface area (Å²) in [5.41, 5.74) is 2.48. The molecule has 0 saturated carbocycles. The standard InChI is InChI=1S/C18H26N6/c1-15-7-19-23(9-15)17-11-21(12-17)5-3-4-6-22-13-18(14-22)24-10-16(2)8-20-24/h3-4,7-10,17-18H,5-6,11-14H2,1-2H3. The van der Waals surface area contributed by atoms with Gasteiger partial charge in [0.15, 0.2) is 0 Å². The normalized spacial score (nSPS) is 20.6. The van der Waals surface area contributed by atoms with E-state index in [-0.39, 0.29) is 0 Å². The van der Waals surface area contributed by atoms with Gasteiger partial charge < -0.3 is 0 Å². The van der Waals surface area contributed by atoms with Gasteiger partial charge in [-0.3, -0.25) is 19.2 Å². The molecule has 6 nitrogen and oxygen atoms in total. The van der Waals surface area contributed by atoms with E-state index in [0.29, 0.717) is 12.1 Å². The van der Waals surface area contributed by atoms with Crippen molar-refractivity contribution in [2.75, 3.05) is 39.3 Å². The maximum Gasteiger partial charge on any atom is 0.0773 e. The molecule has 4 rings (SSSR count). The molecule has 24 heavy (non-hydrogen) atoms. The van der Waals surface area contributed by atoms with Crippen molar-refractivity contribution in [3.8, 4) is 0 Å². The van der Waals surface area contributed by atoms with Crippen molar-refractivity contribution >= 4 is 0 Å². The van der Waals surface area contributed by atoms with Gasteiger partial charge >= 0.3 is 0 Å². The van der Waals surface area contributed by atoms with Crippen molar-refractivity contribution in [2.45, 2.75) is 25.9 Å². The average molecular weight is 326 g/mol. The van der Waals surface area contributed by atoms with Crippen molar-refractivity contribution in [1.29, 1.82) is 0 Å². The first-order chi connectivity index (χ1) is 11.7. The fraction of sp³-hybridized carbons (Fsp3) is 0.556. The molecule has 128 valence electrons. The molecule has 0 bridgehead atoms. The fourth-order valence-electron chi connectivity index (χ4n) is 3.43. The topological polar surface area (TPSA) is 42.1 Å². The Kier molecular flexibility index (Phi) is 4.24. The van der Waals surface area contributed by atoms with E-state index in [1.54, 1.807) is 0 Å². The number of nitrogens with zero attached hydrogens (tertiary/aromatic N) is 6. The molecule has 2 aliphatic heterocycles. The lowest BCUT2D eigenvalue weighted by atomic mass is 10.1. The van der Waals surface area contributed by atoms with Gasteiger partial charge in [0.25, 0.3) is 0 Å². The third-order valence-corrected chi connectivity index (χ3v) is 4.98. The summed E-state index contributed by atoms with van der Waals surface area (Å²) in [5.74, 6) is 0. The molecule has 2 aromatic heterocycles. The second kappa shape index (κ2) is 6.53. The quantitative estimate of drug-likeness (QED) is 0.757. The van der Waals surface area contributed by atoms with Crippen molar-refractivity contribution in [2.24, 2.45) is 0 Å². The lowest BCUT2D eigenvalue weighted by Gasteiger charge is -2.39. The van der Waals surface area contributed by atoms with Crippen LogP contribution in [-0.2, 0) is 0 Å². The SMILES string of the molecule is Cc1cnn(C2CN(CC=CCN3CC(n4cc(C)cn4)C3)C2)c1. The Morgan fingerprint density at radius 3 is 1.58 bits per heavy atom. The van der Waals surface area contributed by atoms with Gasteiger partial charge in [0.1, 0.15) is 0 Å². The zero-order chi connectivity index (χ0) is 16.5. The van der Waals surface area contributed by atoms with Crippen LogP contribution in [0.5, 0.6) is 0 Å². The summed E-state index contributed by atoms with van der Waals surface area (Å²) in [4.78, 5) is 4.92. The molecule has 0 radical (unpaired) electrons. The zero-order valence-electron chi connectivity index (χ0n) is 14.5. The maximum atomic E-state index is 4.40. The summed E-state index contributed by atoms with van der Waals surface area (Å²) in [6.45, 7) is 10.7. The second-order valence-electron chi connectivity index (χ2n) is 7.21. The molecule has 2 fully saturated rings. The van der Waals surface area contributed by atoms with Gasteiger partial charge in [-0.05, 0) is 25.0 Å². The smallest absolute Gasteiger partial charge is 0.0773 e. The molecule has 0 unspecified atom stereocenters. The highest BCUT2D eigenvalue weighted by Crippen LogP contribution is 2.21. The van der Waals surface area contributed by atoms with E-state index in [1.165, 1.54) is 11.1 Å². The van der Waals surface area contributed by atoms with Crippen LogP contribution < -0.4 is 0 Å². The van der Waals surface area contributed by atoms with Crippen LogP contribution in [0.25, 0.3) is 0 Å². The number of likely N-dealkylation sites (tertiary alicyclic amines) is 2. The van der Waals surface area contributed by atoms with Crippen LogP contribution in [0.15, 0.2) is 36.9 Å². The monoisotopic (exact) mass is 326 g/mol. The molecular formula is C18H26N6. The van der Waals surface area contributed by atoms with Crippen molar-refractivity contribution < 1.29 is 0 Å². The Hall–Kier alpha value is -1.92. The van der Waals surface area contributed by atoms with Gasteiger partial charge in [0, 0.05) is 51.7 Å². The first-order valence-corrected chi connectivity index (χ1v) is 8.78. The molecule has 2 aliphatic rings. The van der Waals surface area contributed by atoms with Crippen molar-refractivity contribution in [3.05, 3.63) is 48.1 Å². The minimum atomic E-state index is 0.556. The van der Waals surface area contributed by atoms with E-state index in [4.69, 9.17) is 0 Å². The highest BCUT2D eigenvalue weighted by molar-refractivity contribution is 5.04. The van der Waals surface area contributed by atoms with E-state index in [0.717, 1.165) is 39.3 Å². The van der Waals surface area contributed by atoms with E-state index in [9.17, 15) is 0 Å². The molecule has 0 aliphatic carbocycles. The summed E-state index contributed by atoms with van der Waals surface area (Å²) in [6, 6.07) is 1.11. The van der Waals surface area contributed by atoms with Crippen molar-refractivity contribution in [1.82, 2.24) is 29.4 Å². The maximum absolute atomic E-state index is 4.40. The lowest BCUT2D eigenvalue weighted by molar-refractivity contribution is 0.109. The van der Waals surface area contributed by atoms with E-state index in [1.807, 2.05) is 12.4 Å². The Labute approximate surface area is 143 Å². The summed E-state index contributed by atoms with van der Waals surface area (Å²) in [5, 5.41) is 8.80. The summed E-state index contributed by atoms with van der Waals surface area (Å²) >= 11 is 0. The first-order valence-electron chi connectivity index (χ1n) is 8.78. The van der Waals surface area contributed by atoms with Crippen LogP contribution in [0.4, 0.5) is 0 Å². The Bertz CT molecular complexity index is 642. The lowest BCUT2D eigenvalue weighted by Crippen LogP contribution is -2.48. The molecule has 4 heterocycles. The van der Waals surface area contributed by atoms with E-state index in [2.05, 4.69) is 67.8 Å². The number of rotatable bonds is 6. The van der Waals surface area contributed by atoms with E-state index >= 15 is 0 Å². The first kappa shape index (κ1) is 15.6. The van der Waals surface area contributed by atoms with Crippen LogP contribution in [0.1, 0.15) is 23.2 Å². The van der Waals surface area contributed by atoms with Gasteiger partial charge in [-0.15, -0.1) is 0 Å². The highest BCUT2D eigenvalue weighted by Gasteiger charge is 2.28. The Morgan fingerprint density at radius 1 is 0.833 bits per heavy atom. The number of aromatic nitrogens is 4. The molecule has 2 saturated heterocycles. The van der Waals surface area contributed by atoms with Crippen LogP contribution in [0.2, 0.25) is 0 Å². The molecule has 2 aromatic rings. The van der Waals surface area contributed by atoms with Gasteiger partial charge in [-0.25, -0.2) is 0 Å². The molecule has 0 amide bonds. The van der Waals surface area contributed by atoms with Gasteiger partial charge in [-0.1, -0.05) is 12.2 Å². The minimum absolute atomic E-state index is 0.556. The zero-order valence-corrected chi connectivity index (χ0v) is 14.5. The molecule has 0 atom stereocenters. The van der Waals surface area contributed by atoms with Crippen LogP contribution in [-0.4, -0.2) is 68.6 Å². The van der Waals surface area contributed by atoms with E-state index < -0.39 is 0 Å². The molecule has 0 N–H and O–H groups in total. The summed E-state index contributed by atoms with van der Waals surface area (Å²) < 4.78 is 4.21. The third kappa shape index (κ3) is 3.30. The summed E-state index contributed by atoms with van der Waals surface area (Å²) in [6.07, 6.45) is 12.8. The average Bonchev–Trinajstić information content (AvgIpc) is 3.07. The number of hydrogen-bond donors (Lipinski definition) is 0. The molecule has 6 heteroatoms. The van der Waals surface area contributed by atoms with Crippen LogP contribution in [0, 0.1) is 13.8 Å². The fourth-order valence-corrected chi connectivity index (χ4v) is 3.43. The van der Waals surface area contributed by atoms with Crippen LogP contribution in [0.3, 0.4) is 0 Å². The predicted molar refractivity (Wildman–Crippen MR) is 94.0 cm³/mol. The van der Waals surface area contributed by atoms with Gasteiger partial charge in [0.05, 0.1) is 24.5 Å². The summed E-state index contributed by atoms with van der Waals surface area (Å²) in [7, 11) is 0. The number of aryl methyl sites for hydroxylation is 2. The largest absolute Gasteiger partial charge is 0.295 e. The Balaban J connectivity index is 1.12. The van der Waals surface area contributed by atoms with Gasteiger partial charge in [-0.2, -0.15) is 10.2 Å². The van der Waals surface area contributed by atoms with Gasteiger partial charge in [0.2, 0.25) is 0 Å².